The van der Waals surface area contributed by atoms with Crippen LogP contribution in [0.25, 0.3) is 0 Å². The zero-order chi connectivity index (χ0) is 12.8. The summed E-state index contributed by atoms with van der Waals surface area (Å²) in [7, 11) is 0. The van der Waals surface area contributed by atoms with Gasteiger partial charge in [-0.2, -0.15) is 0 Å². The van der Waals surface area contributed by atoms with E-state index in [1.165, 1.54) is 5.56 Å². The third kappa shape index (κ3) is 3.47. The molecule has 0 radical (unpaired) electrons. The highest BCUT2D eigenvalue weighted by Gasteiger charge is 2.18. The number of hydrogen-bond donors (Lipinski definition) is 1. The van der Waals surface area contributed by atoms with Crippen molar-refractivity contribution in [2.75, 3.05) is 19.8 Å². The zero-order valence-corrected chi connectivity index (χ0v) is 11.1. The van der Waals surface area contributed by atoms with Gasteiger partial charge in [0.1, 0.15) is 11.9 Å². The van der Waals surface area contributed by atoms with Crippen LogP contribution in [-0.2, 0) is 4.74 Å². The fourth-order valence-corrected chi connectivity index (χ4v) is 2.38. The van der Waals surface area contributed by atoms with Crippen molar-refractivity contribution in [2.24, 2.45) is 5.73 Å². The van der Waals surface area contributed by atoms with Gasteiger partial charge in [-0.25, -0.2) is 0 Å². The summed E-state index contributed by atoms with van der Waals surface area (Å²) < 4.78 is 11.5. The molecule has 1 aromatic carbocycles. The van der Waals surface area contributed by atoms with Crippen LogP contribution in [0.3, 0.4) is 0 Å². The summed E-state index contributed by atoms with van der Waals surface area (Å²) in [6.07, 6.45) is 3.36. The van der Waals surface area contributed by atoms with E-state index in [2.05, 4.69) is 25.1 Å². The number of benzene rings is 1. The summed E-state index contributed by atoms with van der Waals surface area (Å²) >= 11 is 0. The third-order valence-corrected chi connectivity index (χ3v) is 3.46. The van der Waals surface area contributed by atoms with Gasteiger partial charge in [-0.3, -0.25) is 0 Å². The van der Waals surface area contributed by atoms with Crippen LogP contribution in [0.15, 0.2) is 24.3 Å². The average Bonchev–Trinajstić information content (AvgIpc) is 2.41. The van der Waals surface area contributed by atoms with E-state index in [9.17, 15) is 0 Å². The fourth-order valence-electron chi connectivity index (χ4n) is 2.38. The average molecular weight is 249 g/mol. The lowest BCUT2D eigenvalue weighted by Crippen LogP contribution is -2.28. The largest absolute Gasteiger partial charge is 0.488 e. The minimum Gasteiger partial charge on any atom is -0.488 e. The molecule has 0 saturated carbocycles. The van der Waals surface area contributed by atoms with Gasteiger partial charge in [0.2, 0.25) is 0 Å². The predicted octanol–water partition coefficient (Wildman–Crippen LogP) is 2.70. The second kappa shape index (κ2) is 6.76. The van der Waals surface area contributed by atoms with Crippen molar-refractivity contribution in [3.63, 3.8) is 0 Å². The van der Waals surface area contributed by atoms with E-state index in [-0.39, 0.29) is 6.10 Å². The van der Waals surface area contributed by atoms with Gasteiger partial charge in [-0.1, -0.05) is 25.1 Å². The van der Waals surface area contributed by atoms with Crippen molar-refractivity contribution in [3.8, 4) is 5.75 Å². The van der Waals surface area contributed by atoms with Crippen LogP contribution < -0.4 is 10.5 Å². The summed E-state index contributed by atoms with van der Waals surface area (Å²) in [5.41, 5.74) is 6.90. The molecule has 3 nitrogen and oxygen atoms in total. The number of ether oxygens (including phenoxy) is 2. The second-order valence-corrected chi connectivity index (χ2v) is 4.97. The Morgan fingerprint density at radius 1 is 1.44 bits per heavy atom. The van der Waals surface area contributed by atoms with Gasteiger partial charge in [0.25, 0.3) is 0 Å². The lowest BCUT2D eigenvalue weighted by molar-refractivity contribution is 0.00692. The molecule has 1 fully saturated rings. The maximum Gasteiger partial charge on any atom is 0.123 e. The molecule has 0 bridgehead atoms. The predicted molar refractivity (Wildman–Crippen MR) is 73.0 cm³/mol. The Hall–Kier alpha value is -1.06. The van der Waals surface area contributed by atoms with E-state index in [0.717, 1.165) is 31.6 Å². The van der Waals surface area contributed by atoms with Crippen LogP contribution in [-0.4, -0.2) is 25.9 Å². The SMILES string of the molecule is CC(CCN)c1ccccc1OC1CCCOC1. The first kappa shape index (κ1) is 13.4. The Morgan fingerprint density at radius 2 is 2.28 bits per heavy atom. The molecular formula is C15H23NO2. The first-order chi connectivity index (χ1) is 8.81. The highest BCUT2D eigenvalue weighted by molar-refractivity contribution is 5.36. The standard InChI is InChI=1S/C15H23NO2/c1-12(8-9-16)14-6-2-3-7-15(14)18-13-5-4-10-17-11-13/h2-3,6-7,12-13H,4-5,8-11,16H2,1H3. The molecule has 0 aliphatic carbocycles. The highest BCUT2D eigenvalue weighted by Crippen LogP contribution is 2.29. The molecule has 2 unspecified atom stereocenters. The molecule has 3 heteroatoms. The minimum absolute atomic E-state index is 0.199. The van der Waals surface area contributed by atoms with E-state index in [0.29, 0.717) is 19.1 Å². The highest BCUT2D eigenvalue weighted by atomic mass is 16.5. The van der Waals surface area contributed by atoms with Crippen LogP contribution in [0, 0.1) is 0 Å². The molecule has 1 aliphatic rings. The van der Waals surface area contributed by atoms with E-state index in [4.69, 9.17) is 15.2 Å². The molecular weight excluding hydrogens is 226 g/mol. The Morgan fingerprint density at radius 3 is 3.00 bits per heavy atom. The number of nitrogens with two attached hydrogens (primary N) is 1. The Bertz CT molecular complexity index is 361. The topological polar surface area (TPSA) is 44.5 Å². The van der Waals surface area contributed by atoms with Crippen molar-refractivity contribution in [1.82, 2.24) is 0 Å². The van der Waals surface area contributed by atoms with Gasteiger partial charge in [0, 0.05) is 6.61 Å². The smallest absolute Gasteiger partial charge is 0.123 e. The molecule has 18 heavy (non-hydrogen) atoms. The molecule has 0 amide bonds. The number of rotatable bonds is 5. The Kier molecular flexibility index (Phi) is 5.02. The van der Waals surface area contributed by atoms with E-state index in [1.54, 1.807) is 0 Å². The lowest BCUT2D eigenvalue weighted by Gasteiger charge is -2.25. The third-order valence-electron chi connectivity index (χ3n) is 3.46. The van der Waals surface area contributed by atoms with Crippen molar-refractivity contribution in [3.05, 3.63) is 29.8 Å². The van der Waals surface area contributed by atoms with Crippen molar-refractivity contribution >= 4 is 0 Å². The quantitative estimate of drug-likeness (QED) is 0.872. The Labute approximate surface area is 109 Å². The number of hydrogen-bond acceptors (Lipinski definition) is 3. The minimum atomic E-state index is 0.199. The molecule has 2 N–H and O–H groups in total. The molecule has 100 valence electrons. The van der Waals surface area contributed by atoms with Crippen LogP contribution in [0.4, 0.5) is 0 Å². The van der Waals surface area contributed by atoms with Gasteiger partial charge in [-0.15, -0.1) is 0 Å². The molecule has 0 spiro atoms. The molecule has 1 saturated heterocycles. The van der Waals surface area contributed by atoms with Gasteiger partial charge < -0.3 is 15.2 Å². The fraction of sp³-hybridized carbons (Fsp3) is 0.600. The van der Waals surface area contributed by atoms with E-state index < -0.39 is 0 Å². The van der Waals surface area contributed by atoms with Crippen molar-refractivity contribution < 1.29 is 9.47 Å². The normalized spacial score (nSPS) is 21.6. The molecule has 2 rings (SSSR count). The molecule has 1 aliphatic heterocycles. The lowest BCUT2D eigenvalue weighted by atomic mass is 9.97. The van der Waals surface area contributed by atoms with E-state index >= 15 is 0 Å². The molecule has 0 aromatic heterocycles. The maximum absolute atomic E-state index is 6.09. The zero-order valence-electron chi connectivity index (χ0n) is 11.1. The number of para-hydroxylation sites is 1. The maximum atomic E-state index is 6.09. The Balaban J connectivity index is 2.06. The summed E-state index contributed by atoms with van der Waals surface area (Å²) in [5, 5.41) is 0. The van der Waals surface area contributed by atoms with Gasteiger partial charge >= 0.3 is 0 Å². The van der Waals surface area contributed by atoms with Crippen LogP contribution in [0.2, 0.25) is 0 Å². The second-order valence-electron chi connectivity index (χ2n) is 4.97. The molecule has 1 aromatic rings. The monoisotopic (exact) mass is 249 g/mol. The van der Waals surface area contributed by atoms with Crippen molar-refractivity contribution in [1.29, 1.82) is 0 Å². The van der Waals surface area contributed by atoms with Crippen molar-refractivity contribution in [2.45, 2.75) is 38.2 Å². The van der Waals surface area contributed by atoms with E-state index in [1.807, 2.05) is 6.07 Å². The van der Waals surface area contributed by atoms with Gasteiger partial charge in [0.15, 0.2) is 0 Å². The van der Waals surface area contributed by atoms with Crippen LogP contribution in [0.1, 0.15) is 37.7 Å². The van der Waals surface area contributed by atoms with Gasteiger partial charge in [0.05, 0.1) is 6.61 Å². The summed E-state index contributed by atoms with van der Waals surface area (Å²) in [4.78, 5) is 0. The summed E-state index contributed by atoms with van der Waals surface area (Å²) in [6, 6.07) is 8.28. The first-order valence-electron chi connectivity index (χ1n) is 6.84. The summed E-state index contributed by atoms with van der Waals surface area (Å²) in [5.74, 6) is 1.43. The first-order valence-corrected chi connectivity index (χ1v) is 6.84. The van der Waals surface area contributed by atoms with Crippen LogP contribution in [0.5, 0.6) is 5.75 Å². The van der Waals surface area contributed by atoms with Crippen LogP contribution >= 0.6 is 0 Å². The molecule has 2 atom stereocenters. The molecule has 1 heterocycles. The summed E-state index contributed by atoms with van der Waals surface area (Å²) in [6.45, 7) is 4.49. The van der Waals surface area contributed by atoms with Gasteiger partial charge in [-0.05, 0) is 43.4 Å².